The summed E-state index contributed by atoms with van der Waals surface area (Å²) < 4.78 is 28.5. The molecule has 0 spiro atoms. The van der Waals surface area contributed by atoms with Crippen LogP contribution >= 0.6 is 11.3 Å². The van der Waals surface area contributed by atoms with E-state index in [1.54, 1.807) is 4.31 Å². The molecule has 6 nitrogen and oxygen atoms in total. The number of fused-ring (bicyclic) bond motifs is 1. The van der Waals surface area contributed by atoms with E-state index in [0.717, 1.165) is 35.4 Å². The first-order valence-corrected chi connectivity index (χ1v) is 12.5. The molecule has 2 fully saturated rings. The van der Waals surface area contributed by atoms with Crippen LogP contribution in [0.3, 0.4) is 0 Å². The third kappa shape index (κ3) is 3.69. The predicted octanol–water partition coefficient (Wildman–Crippen LogP) is 2.55. The fraction of sp³-hybridized carbons (Fsp3) is 0.476. The van der Waals surface area contributed by atoms with Crippen LogP contribution in [-0.2, 0) is 27.8 Å². The lowest BCUT2D eigenvalue weighted by Crippen LogP contribution is -2.48. The van der Waals surface area contributed by atoms with Gasteiger partial charge in [-0.05, 0) is 43.0 Å². The third-order valence-corrected chi connectivity index (χ3v) is 9.62. The first-order valence-electron chi connectivity index (χ1n) is 10.2. The highest BCUT2D eigenvalue weighted by Crippen LogP contribution is 2.36. The zero-order chi connectivity index (χ0) is 20.0. The quantitative estimate of drug-likeness (QED) is 0.747. The third-order valence-electron chi connectivity index (χ3n) is 6.04. The van der Waals surface area contributed by atoms with E-state index in [4.69, 9.17) is 0 Å². The number of thiophene rings is 1. The molecular formula is C21H25N3O3S2. The van der Waals surface area contributed by atoms with Gasteiger partial charge < -0.3 is 9.80 Å². The van der Waals surface area contributed by atoms with Crippen LogP contribution in [0.25, 0.3) is 0 Å². The Bertz CT molecular complexity index is 1010. The lowest BCUT2D eigenvalue weighted by atomic mass is 10.1. The van der Waals surface area contributed by atoms with Crippen molar-refractivity contribution < 1.29 is 13.2 Å². The molecule has 0 atom stereocenters. The van der Waals surface area contributed by atoms with Crippen molar-refractivity contribution in [2.45, 2.75) is 30.0 Å². The summed E-state index contributed by atoms with van der Waals surface area (Å²) in [7, 11) is -3.48. The molecule has 2 aliphatic heterocycles. The van der Waals surface area contributed by atoms with E-state index >= 15 is 0 Å². The van der Waals surface area contributed by atoms with E-state index in [1.807, 2.05) is 29.2 Å². The Morgan fingerprint density at radius 3 is 2.41 bits per heavy atom. The summed E-state index contributed by atoms with van der Waals surface area (Å²) in [6.45, 7) is 3.63. The highest BCUT2D eigenvalue weighted by Gasteiger charge is 2.36. The van der Waals surface area contributed by atoms with Crippen molar-refractivity contribution in [2.24, 2.45) is 5.92 Å². The van der Waals surface area contributed by atoms with Crippen molar-refractivity contribution in [1.82, 2.24) is 9.21 Å². The molecule has 154 valence electrons. The lowest BCUT2D eigenvalue weighted by molar-refractivity contribution is -0.133. The summed E-state index contributed by atoms with van der Waals surface area (Å²) in [5, 5.41) is 0. The Morgan fingerprint density at radius 2 is 1.72 bits per heavy atom. The van der Waals surface area contributed by atoms with E-state index < -0.39 is 10.0 Å². The topological polar surface area (TPSA) is 60.9 Å². The Kier molecular flexibility index (Phi) is 4.88. The van der Waals surface area contributed by atoms with Crippen molar-refractivity contribution >= 4 is 33.0 Å². The molecule has 1 aromatic carbocycles. The fourth-order valence-electron chi connectivity index (χ4n) is 4.16. The molecule has 1 aliphatic carbocycles. The summed E-state index contributed by atoms with van der Waals surface area (Å²) in [6, 6.07) is 11.9. The molecule has 0 bridgehead atoms. The minimum Gasteiger partial charge on any atom is -0.369 e. The number of amides is 1. The second kappa shape index (κ2) is 7.41. The van der Waals surface area contributed by atoms with Gasteiger partial charge in [-0.25, -0.2) is 8.42 Å². The second-order valence-electron chi connectivity index (χ2n) is 8.02. The summed E-state index contributed by atoms with van der Waals surface area (Å²) >= 11 is 1.39. The maximum absolute atomic E-state index is 13.2. The van der Waals surface area contributed by atoms with Crippen LogP contribution in [0.5, 0.6) is 0 Å². The van der Waals surface area contributed by atoms with Crippen LogP contribution in [0, 0.1) is 5.92 Å². The molecule has 0 N–H and O–H groups in total. The Labute approximate surface area is 175 Å². The van der Waals surface area contributed by atoms with E-state index in [-0.39, 0.29) is 11.8 Å². The van der Waals surface area contributed by atoms with Gasteiger partial charge in [0.15, 0.2) is 0 Å². The summed E-state index contributed by atoms with van der Waals surface area (Å²) in [6.07, 6.45) is 2.76. The molecule has 1 aromatic heterocycles. The first-order chi connectivity index (χ1) is 14.0. The number of para-hydroxylation sites is 1. The summed E-state index contributed by atoms with van der Waals surface area (Å²) in [4.78, 5) is 17.6. The predicted molar refractivity (Wildman–Crippen MR) is 114 cm³/mol. The van der Waals surface area contributed by atoms with Crippen LogP contribution in [0.1, 0.15) is 23.3 Å². The average Bonchev–Trinajstić information content (AvgIpc) is 3.51. The van der Waals surface area contributed by atoms with Crippen molar-refractivity contribution in [3.8, 4) is 0 Å². The van der Waals surface area contributed by atoms with Gasteiger partial charge in [0.25, 0.3) is 10.0 Å². The molecule has 3 heterocycles. The van der Waals surface area contributed by atoms with Gasteiger partial charge in [-0.2, -0.15) is 4.31 Å². The monoisotopic (exact) mass is 431 g/mol. The van der Waals surface area contributed by atoms with Gasteiger partial charge in [0.05, 0.1) is 0 Å². The van der Waals surface area contributed by atoms with Crippen molar-refractivity contribution in [3.63, 3.8) is 0 Å². The molecule has 0 unspecified atom stereocenters. The molecule has 2 aromatic rings. The van der Waals surface area contributed by atoms with Crippen LogP contribution in [0.4, 0.5) is 5.69 Å². The second-order valence-corrected chi connectivity index (χ2v) is 11.3. The molecule has 1 amide bonds. The number of nitrogens with zero attached hydrogens (tertiary/aromatic N) is 3. The first kappa shape index (κ1) is 19.1. The zero-order valence-electron chi connectivity index (χ0n) is 16.3. The maximum Gasteiger partial charge on any atom is 0.252 e. The molecule has 1 saturated heterocycles. The van der Waals surface area contributed by atoms with Crippen LogP contribution in [0.2, 0.25) is 0 Å². The minimum absolute atomic E-state index is 0.208. The van der Waals surface area contributed by atoms with Gasteiger partial charge in [-0.3, -0.25) is 4.79 Å². The standard InChI is InChI=1S/C21H25N3O3S2/c25-21(16-6-7-16)23-9-8-19-17(15-23)14-20(28-19)29(26,27)24-12-10-22(11-13-24)18-4-2-1-3-5-18/h1-5,14,16H,6-13,15H2. The van der Waals surface area contributed by atoms with Gasteiger partial charge >= 0.3 is 0 Å². The number of rotatable bonds is 4. The molecule has 8 heteroatoms. The van der Waals surface area contributed by atoms with Gasteiger partial charge in [-0.1, -0.05) is 18.2 Å². The van der Waals surface area contributed by atoms with Crippen molar-refractivity contribution in [1.29, 1.82) is 0 Å². The molecule has 0 radical (unpaired) electrons. The Balaban J connectivity index is 1.28. The van der Waals surface area contributed by atoms with Crippen molar-refractivity contribution in [3.05, 3.63) is 46.8 Å². The maximum atomic E-state index is 13.2. The summed E-state index contributed by atoms with van der Waals surface area (Å²) in [5.41, 5.74) is 2.15. The van der Waals surface area contributed by atoms with Gasteiger partial charge in [-0.15, -0.1) is 11.3 Å². The SMILES string of the molecule is O=C(C1CC1)N1CCc2sc(S(=O)(=O)N3CCN(c4ccccc4)CC3)cc2C1. The zero-order valence-corrected chi connectivity index (χ0v) is 17.9. The number of carbonyl (C=O) groups is 1. The minimum atomic E-state index is -3.48. The molecule has 1 saturated carbocycles. The molecule has 5 rings (SSSR count). The fourth-order valence-corrected chi connectivity index (χ4v) is 7.28. The molecule has 29 heavy (non-hydrogen) atoms. The van der Waals surface area contributed by atoms with E-state index in [1.165, 1.54) is 11.3 Å². The van der Waals surface area contributed by atoms with E-state index in [2.05, 4.69) is 17.0 Å². The van der Waals surface area contributed by atoms with Gasteiger partial charge in [0.2, 0.25) is 5.91 Å². The highest BCUT2D eigenvalue weighted by molar-refractivity contribution is 7.91. The van der Waals surface area contributed by atoms with Gasteiger partial charge in [0, 0.05) is 55.8 Å². The molecule has 3 aliphatic rings. The summed E-state index contributed by atoms with van der Waals surface area (Å²) in [5.74, 6) is 0.447. The highest BCUT2D eigenvalue weighted by atomic mass is 32.2. The lowest BCUT2D eigenvalue weighted by Gasteiger charge is -2.35. The number of sulfonamides is 1. The van der Waals surface area contributed by atoms with Crippen LogP contribution < -0.4 is 4.90 Å². The van der Waals surface area contributed by atoms with E-state index in [0.29, 0.717) is 43.5 Å². The number of piperazine rings is 1. The normalized spacial score (nSPS) is 20.6. The Hall–Kier alpha value is -1.90. The van der Waals surface area contributed by atoms with E-state index in [9.17, 15) is 13.2 Å². The van der Waals surface area contributed by atoms with Crippen LogP contribution in [-0.4, -0.2) is 56.3 Å². The average molecular weight is 432 g/mol. The number of hydrogen-bond donors (Lipinski definition) is 0. The number of anilines is 1. The number of carbonyl (C=O) groups excluding carboxylic acids is 1. The van der Waals surface area contributed by atoms with Gasteiger partial charge in [0.1, 0.15) is 4.21 Å². The largest absolute Gasteiger partial charge is 0.369 e. The smallest absolute Gasteiger partial charge is 0.252 e. The van der Waals surface area contributed by atoms with Crippen LogP contribution in [0.15, 0.2) is 40.6 Å². The molecular weight excluding hydrogens is 406 g/mol. The van der Waals surface area contributed by atoms with Crippen molar-refractivity contribution in [2.75, 3.05) is 37.6 Å². The number of hydrogen-bond acceptors (Lipinski definition) is 5. The number of benzene rings is 1. The Morgan fingerprint density at radius 1 is 1.00 bits per heavy atom.